The van der Waals surface area contributed by atoms with E-state index < -0.39 is 0 Å². The standard InChI is InChI=1S/C7H9N3/c1-2-7(8)6-10-5-3-4-9-10/h1,3-5,7H,6,8H2. The van der Waals surface area contributed by atoms with Crippen molar-refractivity contribution >= 4 is 0 Å². The zero-order valence-electron chi connectivity index (χ0n) is 5.57. The second-order valence-electron chi connectivity index (χ2n) is 2.00. The summed E-state index contributed by atoms with van der Waals surface area (Å²) in [4.78, 5) is 0. The van der Waals surface area contributed by atoms with Gasteiger partial charge < -0.3 is 5.73 Å². The van der Waals surface area contributed by atoms with Crippen LogP contribution in [0.15, 0.2) is 18.5 Å². The first-order valence-corrected chi connectivity index (χ1v) is 3.02. The maximum absolute atomic E-state index is 5.47. The van der Waals surface area contributed by atoms with Crippen LogP contribution < -0.4 is 5.73 Å². The molecule has 0 saturated heterocycles. The van der Waals surface area contributed by atoms with Crippen LogP contribution in [0.25, 0.3) is 0 Å². The van der Waals surface area contributed by atoms with Crippen molar-refractivity contribution in [3.8, 4) is 12.3 Å². The van der Waals surface area contributed by atoms with Crippen molar-refractivity contribution in [1.82, 2.24) is 9.78 Å². The van der Waals surface area contributed by atoms with Crippen LogP contribution in [0.4, 0.5) is 0 Å². The first kappa shape index (κ1) is 6.84. The van der Waals surface area contributed by atoms with E-state index in [1.807, 2.05) is 12.3 Å². The summed E-state index contributed by atoms with van der Waals surface area (Å²) in [5.41, 5.74) is 5.47. The van der Waals surface area contributed by atoms with Gasteiger partial charge in [-0.25, -0.2) is 0 Å². The van der Waals surface area contributed by atoms with Crippen molar-refractivity contribution in [2.75, 3.05) is 0 Å². The van der Waals surface area contributed by atoms with Crippen molar-refractivity contribution in [2.45, 2.75) is 12.6 Å². The van der Waals surface area contributed by atoms with Gasteiger partial charge in [-0.15, -0.1) is 6.42 Å². The van der Waals surface area contributed by atoms with E-state index in [0.717, 1.165) is 0 Å². The van der Waals surface area contributed by atoms with Gasteiger partial charge in [0.15, 0.2) is 0 Å². The van der Waals surface area contributed by atoms with E-state index in [2.05, 4.69) is 11.0 Å². The molecule has 1 aromatic heterocycles. The van der Waals surface area contributed by atoms with Crippen LogP contribution in [-0.4, -0.2) is 15.8 Å². The Morgan fingerprint density at radius 1 is 1.80 bits per heavy atom. The third kappa shape index (κ3) is 1.61. The smallest absolute Gasteiger partial charge is 0.0860 e. The van der Waals surface area contributed by atoms with Crippen LogP contribution in [0, 0.1) is 12.3 Å². The third-order valence-corrected chi connectivity index (χ3v) is 1.16. The number of nitrogens with two attached hydrogens (primary N) is 1. The molecule has 3 nitrogen and oxygen atoms in total. The summed E-state index contributed by atoms with van der Waals surface area (Å²) >= 11 is 0. The van der Waals surface area contributed by atoms with E-state index in [-0.39, 0.29) is 6.04 Å². The highest BCUT2D eigenvalue weighted by Crippen LogP contribution is 1.86. The molecule has 0 radical (unpaired) electrons. The predicted molar refractivity (Wildman–Crippen MR) is 39.0 cm³/mol. The minimum Gasteiger partial charge on any atom is -0.316 e. The molecule has 0 saturated carbocycles. The van der Waals surface area contributed by atoms with E-state index in [1.165, 1.54) is 0 Å². The Balaban J connectivity index is 2.50. The first-order chi connectivity index (χ1) is 4.83. The van der Waals surface area contributed by atoms with Gasteiger partial charge in [0.25, 0.3) is 0 Å². The molecule has 1 unspecified atom stereocenters. The summed E-state index contributed by atoms with van der Waals surface area (Å²) in [6, 6.07) is 1.60. The van der Waals surface area contributed by atoms with Gasteiger partial charge in [0.2, 0.25) is 0 Å². The molecular formula is C7H9N3. The van der Waals surface area contributed by atoms with E-state index >= 15 is 0 Å². The Morgan fingerprint density at radius 2 is 2.60 bits per heavy atom. The summed E-state index contributed by atoms with van der Waals surface area (Å²) < 4.78 is 1.71. The zero-order valence-corrected chi connectivity index (χ0v) is 5.57. The summed E-state index contributed by atoms with van der Waals surface area (Å²) in [6.45, 7) is 0.587. The maximum Gasteiger partial charge on any atom is 0.0860 e. The predicted octanol–water partition coefficient (Wildman–Crippen LogP) is -0.156. The molecule has 0 aliphatic carbocycles. The Bertz CT molecular complexity index is 219. The van der Waals surface area contributed by atoms with Gasteiger partial charge in [-0.1, -0.05) is 5.92 Å². The molecule has 2 N–H and O–H groups in total. The van der Waals surface area contributed by atoms with Gasteiger partial charge in [0, 0.05) is 12.4 Å². The highest BCUT2D eigenvalue weighted by atomic mass is 15.3. The number of hydrogen-bond donors (Lipinski definition) is 1. The van der Waals surface area contributed by atoms with E-state index in [0.29, 0.717) is 6.54 Å². The zero-order chi connectivity index (χ0) is 7.40. The van der Waals surface area contributed by atoms with Crippen LogP contribution >= 0.6 is 0 Å². The van der Waals surface area contributed by atoms with Crippen molar-refractivity contribution in [2.24, 2.45) is 5.73 Å². The van der Waals surface area contributed by atoms with Crippen LogP contribution in [0.2, 0.25) is 0 Å². The lowest BCUT2D eigenvalue weighted by atomic mass is 10.3. The second-order valence-corrected chi connectivity index (χ2v) is 2.00. The summed E-state index contributed by atoms with van der Waals surface area (Å²) in [5, 5.41) is 3.95. The highest BCUT2D eigenvalue weighted by molar-refractivity contribution is 4.96. The van der Waals surface area contributed by atoms with Crippen molar-refractivity contribution in [3.05, 3.63) is 18.5 Å². The molecule has 1 atom stereocenters. The quantitative estimate of drug-likeness (QED) is 0.573. The van der Waals surface area contributed by atoms with Crippen molar-refractivity contribution in [1.29, 1.82) is 0 Å². The van der Waals surface area contributed by atoms with Crippen LogP contribution in [0.1, 0.15) is 0 Å². The summed E-state index contributed by atoms with van der Waals surface area (Å²) in [5.74, 6) is 2.42. The average Bonchev–Trinajstić information content (AvgIpc) is 2.40. The third-order valence-electron chi connectivity index (χ3n) is 1.16. The normalized spacial score (nSPS) is 12.4. The molecule has 0 aliphatic heterocycles. The topological polar surface area (TPSA) is 43.8 Å². The molecular weight excluding hydrogens is 126 g/mol. The van der Waals surface area contributed by atoms with E-state index in [1.54, 1.807) is 10.9 Å². The lowest BCUT2D eigenvalue weighted by Crippen LogP contribution is -2.24. The molecule has 0 aliphatic rings. The molecule has 1 heterocycles. The lowest BCUT2D eigenvalue weighted by molar-refractivity contribution is 0.577. The van der Waals surface area contributed by atoms with Gasteiger partial charge in [0.1, 0.15) is 0 Å². The summed E-state index contributed by atoms with van der Waals surface area (Å²) in [6.07, 6.45) is 8.60. The van der Waals surface area contributed by atoms with Gasteiger partial charge in [-0.3, -0.25) is 4.68 Å². The van der Waals surface area contributed by atoms with Gasteiger partial charge in [-0.05, 0) is 6.07 Å². The number of nitrogens with zero attached hydrogens (tertiary/aromatic N) is 2. The second kappa shape index (κ2) is 3.04. The number of rotatable bonds is 2. The number of terminal acetylenes is 1. The Hall–Kier alpha value is -1.27. The van der Waals surface area contributed by atoms with Crippen LogP contribution in [-0.2, 0) is 6.54 Å². The number of hydrogen-bond acceptors (Lipinski definition) is 2. The summed E-state index contributed by atoms with van der Waals surface area (Å²) in [7, 11) is 0. The largest absolute Gasteiger partial charge is 0.316 e. The molecule has 0 bridgehead atoms. The molecule has 1 rings (SSSR count). The molecule has 3 heteroatoms. The molecule has 0 fully saturated rings. The maximum atomic E-state index is 5.47. The van der Waals surface area contributed by atoms with Gasteiger partial charge >= 0.3 is 0 Å². The fraction of sp³-hybridized carbons (Fsp3) is 0.286. The first-order valence-electron chi connectivity index (χ1n) is 3.02. The Morgan fingerprint density at radius 3 is 3.10 bits per heavy atom. The minimum atomic E-state index is -0.236. The van der Waals surface area contributed by atoms with Crippen molar-refractivity contribution in [3.63, 3.8) is 0 Å². The van der Waals surface area contributed by atoms with Crippen LogP contribution in [0.3, 0.4) is 0 Å². The van der Waals surface area contributed by atoms with Crippen molar-refractivity contribution < 1.29 is 0 Å². The molecule has 1 aromatic rings. The SMILES string of the molecule is C#CC(N)Cn1cccn1. The average molecular weight is 135 g/mol. The fourth-order valence-electron chi connectivity index (χ4n) is 0.663. The number of aromatic nitrogens is 2. The van der Waals surface area contributed by atoms with Gasteiger partial charge in [0.05, 0.1) is 12.6 Å². The van der Waals surface area contributed by atoms with E-state index in [4.69, 9.17) is 12.2 Å². The monoisotopic (exact) mass is 135 g/mol. The highest BCUT2D eigenvalue weighted by Gasteiger charge is 1.96. The minimum absolute atomic E-state index is 0.236. The fourth-order valence-corrected chi connectivity index (χ4v) is 0.663. The molecule has 10 heavy (non-hydrogen) atoms. The Labute approximate surface area is 59.8 Å². The molecule has 0 amide bonds. The van der Waals surface area contributed by atoms with Crippen LogP contribution in [0.5, 0.6) is 0 Å². The molecule has 0 spiro atoms. The van der Waals surface area contributed by atoms with Gasteiger partial charge in [-0.2, -0.15) is 5.10 Å². The molecule has 52 valence electrons. The lowest BCUT2D eigenvalue weighted by Gasteiger charge is -2.02. The molecule has 0 aromatic carbocycles. The Kier molecular flexibility index (Phi) is 2.08. The van der Waals surface area contributed by atoms with E-state index in [9.17, 15) is 0 Å².